The number of rotatable bonds is 4. The maximum atomic E-state index is 12.6. The number of ether oxygens (including phenoxy) is 2. The molecule has 1 saturated heterocycles. The molecule has 2 fully saturated rings. The molecule has 0 bridgehead atoms. The molecule has 2 aromatic rings. The van der Waals surface area contributed by atoms with Crippen LogP contribution in [0, 0.1) is 11.8 Å². The van der Waals surface area contributed by atoms with E-state index in [1.165, 1.54) is 37.4 Å². The van der Waals surface area contributed by atoms with Gasteiger partial charge in [0.05, 0.1) is 5.75 Å². The zero-order valence-corrected chi connectivity index (χ0v) is 16.5. The molecular formula is C20H23N3O4S. The predicted molar refractivity (Wildman–Crippen MR) is 103 cm³/mol. The summed E-state index contributed by atoms with van der Waals surface area (Å²) in [6.07, 6.45) is 6.42. The van der Waals surface area contributed by atoms with Gasteiger partial charge in [0.2, 0.25) is 18.6 Å². The van der Waals surface area contributed by atoms with Crippen LogP contribution in [-0.2, 0) is 4.79 Å². The molecule has 1 aromatic heterocycles. The average molecular weight is 401 g/mol. The number of nitrogens with zero attached hydrogens (tertiary/aromatic N) is 3. The van der Waals surface area contributed by atoms with Gasteiger partial charge in [-0.25, -0.2) is 0 Å². The van der Waals surface area contributed by atoms with Gasteiger partial charge in [-0.2, -0.15) is 0 Å². The van der Waals surface area contributed by atoms with Crippen LogP contribution in [0.15, 0.2) is 27.8 Å². The van der Waals surface area contributed by atoms with Gasteiger partial charge >= 0.3 is 0 Å². The maximum Gasteiger partial charge on any atom is 0.277 e. The van der Waals surface area contributed by atoms with E-state index in [4.69, 9.17) is 13.9 Å². The molecule has 28 heavy (non-hydrogen) atoms. The second-order valence-electron chi connectivity index (χ2n) is 7.66. The van der Waals surface area contributed by atoms with E-state index in [1.54, 1.807) is 0 Å². The highest BCUT2D eigenvalue weighted by Gasteiger charge is 2.32. The SMILES string of the molecule is O=C(CSc1nnc(-c2ccc3c(c2)OCO3)o1)N1CC[C@H]2CCCC[C@@H]2C1. The van der Waals surface area contributed by atoms with Gasteiger partial charge in [0.25, 0.3) is 5.22 Å². The fourth-order valence-electron chi connectivity index (χ4n) is 4.46. The number of piperidine rings is 1. The van der Waals surface area contributed by atoms with Crippen molar-refractivity contribution in [3.63, 3.8) is 0 Å². The number of hydrogen-bond donors (Lipinski definition) is 0. The summed E-state index contributed by atoms with van der Waals surface area (Å²) >= 11 is 1.31. The number of thioether (sulfide) groups is 1. The minimum absolute atomic E-state index is 0.164. The van der Waals surface area contributed by atoms with E-state index in [2.05, 4.69) is 10.2 Å². The van der Waals surface area contributed by atoms with E-state index in [0.717, 1.165) is 31.0 Å². The smallest absolute Gasteiger partial charge is 0.277 e. The van der Waals surface area contributed by atoms with Crippen LogP contribution in [0.1, 0.15) is 32.1 Å². The molecule has 7 nitrogen and oxygen atoms in total. The first-order chi connectivity index (χ1) is 13.8. The summed E-state index contributed by atoms with van der Waals surface area (Å²) in [4.78, 5) is 14.7. The first-order valence-corrected chi connectivity index (χ1v) is 10.9. The van der Waals surface area contributed by atoms with Crippen molar-refractivity contribution in [3.05, 3.63) is 18.2 Å². The second kappa shape index (κ2) is 7.66. The standard InChI is InChI=1S/C20H23N3O4S/c24-18(23-8-7-13-3-1-2-4-15(13)10-23)11-28-20-22-21-19(27-20)14-5-6-16-17(9-14)26-12-25-16/h5-6,9,13,15H,1-4,7-8,10-12H2/t13-,15-/m1/s1. The number of fused-ring (bicyclic) bond motifs is 2. The van der Waals surface area contributed by atoms with Crippen LogP contribution in [0.4, 0.5) is 0 Å². The van der Waals surface area contributed by atoms with E-state index >= 15 is 0 Å². The molecule has 0 radical (unpaired) electrons. The lowest BCUT2D eigenvalue weighted by molar-refractivity contribution is -0.131. The zero-order chi connectivity index (χ0) is 18.9. The van der Waals surface area contributed by atoms with Gasteiger partial charge in [-0.3, -0.25) is 4.79 Å². The van der Waals surface area contributed by atoms with Crippen molar-refractivity contribution in [2.75, 3.05) is 25.6 Å². The molecule has 1 aliphatic carbocycles. The lowest BCUT2D eigenvalue weighted by atomic mass is 9.75. The topological polar surface area (TPSA) is 77.7 Å². The van der Waals surface area contributed by atoms with Crippen LogP contribution < -0.4 is 9.47 Å². The minimum Gasteiger partial charge on any atom is -0.454 e. The molecule has 0 N–H and O–H groups in total. The monoisotopic (exact) mass is 401 g/mol. The Morgan fingerprint density at radius 2 is 1.96 bits per heavy atom. The molecule has 0 unspecified atom stereocenters. The van der Waals surface area contributed by atoms with E-state index < -0.39 is 0 Å². The molecular weight excluding hydrogens is 378 g/mol. The lowest BCUT2D eigenvalue weighted by Gasteiger charge is -2.41. The molecule has 3 aliphatic rings. The van der Waals surface area contributed by atoms with Gasteiger partial charge in [0, 0.05) is 18.7 Å². The van der Waals surface area contributed by atoms with Crippen LogP contribution >= 0.6 is 11.8 Å². The lowest BCUT2D eigenvalue weighted by Crippen LogP contribution is -2.45. The third kappa shape index (κ3) is 3.57. The maximum absolute atomic E-state index is 12.6. The van der Waals surface area contributed by atoms with Gasteiger partial charge in [-0.15, -0.1) is 10.2 Å². The third-order valence-corrected chi connectivity index (χ3v) is 6.79. The number of hydrogen-bond acceptors (Lipinski definition) is 7. The van der Waals surface area contributed by atoms with Crippen LogP contribution in [-0.4, -0.2) is 46.6 Å². The van der Waals surface area contributed by atoms with Gasteiger partial charge in [-0.05, 0) is 42.9 Å². The van der Waals surface area contributed by atoms with Gasteiger partial charge in [-0.1, -0.05) is 31.0 Å². The zero-order valence-electron chi connectivity index (χ0n) is 15.6. The van der Waals surface area contributed by atoms with Gasteiger partial charge in [0.15, 0.2) is 11.5 Å². The number of benzene rings is 1. The molecule has 2 aliphatic heterocycles. The molecule has 8 heteroatoms. The highest BCUT2D eigenvalue weighted by molar-refractivity contribution is 7.99. The van der Waals surface area contributed by atoms with E-state index in [0.29, 0.717) is 34.3 Å². The van der Waals surface area contributed by atoms with Gasteiger partial charge in [0.1, 0.15) is 0 Å². The van der Waals surface area contributed by atoms with Crippen LogP contribution in [0.25, 0.3) is 11.5 Å². The summed E-state index contributed by atoms with van der Waals surface area (Å²) in [6.45, 7) is 2.02. The molecule has 0 spiro atoms. The first-order valence-electron chi connectivity index (χ1n) is 9.90. The fourth-order valence-corrected chi connectivity index (χ4v) is 5.12. The van der Waals surface area contributed by atoms with Crippen LogP contribution in [0.3, 0.4) is 0 Å². The number of carbonyl (C=O) groups is 1. The summed E-state index contributed by atoms with van der Waals surface area (Å²) in [6, 6.07) is 5.51. The van der Waals surface area contributed by atoms with Crippen molar-refractivity contribution in [3.8, 4) is 23.0 Å². The van der Waals surface area contributed by atoms with Crippen molar-refractivity contribution >= 4 is 17.7 Å². The van der Waals surface area contributed by atoms with Crippen molar-refractivity contribution in [2.45, 2.75) is 37.3 Å². The van der Waals surface area contributed by atoms with E-state index in [1.807, 2.05) is 23.1 Å². The predicted octanol–water partition coefficient (Wildman–Crippen LogP) is 3.60. The number of likely N-dealkylation sites (tertiary alicyclic amines) is 1. The molecule has 1 saturated carbocycles. The minimum atomic E-state index is 0.164. The Morgan fingerprint density at radius 1 is 1.11 bits per heavy atom. The van der Waals surface area contributed by atoms with E-state index in [-0.39, 0.29) is 12.7 Å². The summed E-state index contributed by atoms with van der Waals surface area (Å²) in [5.74, 6) is 3.81. The highest BCUT2D eigenvalue weighted by Crippen LogP contribution is 2.37. The Kier molecular flexibility index (Phi) is 4.88. The second-order valence-corrected chi connectivity index (χ2v) is 8.59. The summed E-state index contributed by atoms with van der Waals surface area (Å²) in [5.41, 5.74) is 0.772. The molecule has 3 heterocycles. The quantitative estimate of drug-likeness (QED) is 0.725. The number of carbonyl (C=O) groups excluding carboxylic acids is 1. The Balaban J connectivity index is 1.18. The molecule has 148 valence electrons. The van der Waals surface area contributed by atoms with Crippen LogP contribution in [0.5, 0.6) is 11.5 Å². The molecule has 5 rings (SSSR count). The van der Waals surface area contributed by atoms with Crippen molar-refractivity contribution in [1.29, 1.82) is 0 Å². The normalized spacial score (nSPS) is 23.5. The summed E-state index contributed by atoms with van der Waals surface area (Å²) < 4.78 is 16.4. The summed E-state index contributed by atoms with van der Waals surface area (Å²) in [5, 5.41) is 8.58. The largest absolute Gasteiger partial charge is 0.454 e. The van der Waals surface area contributed by atoms with Crippen LogP contribution in [0.2, 0.25) is 0 Å². The van der Waals surface area contributed by atoms with Gasteiger partial charge < -0.3 is 18.8 Å². The molecule has 2 atom stereocenters. The number of aromatic nitrogens is 2. The molecule has 1 aromatic carbocycles. The Morgan fingerprint density at radius 3 is 2.89 bits per heavy atom. The number of amides is 1. The van der Waals surface area contributed by atoms with Crippen molar-refractivity contribution in [1.82, 2.24) is 15.1 Å². The van der Waals surface area contributed by atoms with E-state index in [9.17, 15) is 4.79 Å². The van der Waals surface area contributed by atoms with Crippen molar-refractivity contribution in [2.24, 2.45) is 11.8 Å². The summed E-state index contributed by atoms with van der Waals surface area (Å²) in [7, 11) is 0. The first kappa shape index (κ1) is 17.8. The Bertz CT molecular complexity index is 871. The third-order valence-electron chi connectivity index (χ3n) is 5.99. The molecule has 1 amide bonds. The fraction of sp³-hybridized carbons (Fsp3) is 0.550. The highest BCUT2D eigenvalue weighted by atomic mass is 32.2. The van der Waals surface area contributed by atoms with Crippen molar-refractivity contribution < 1.29 is 18.7 Å². The Hall–Kier alpha value is -2.22. The average Bonchev–Trinajstić information content (AvgIpc) is 3.40. The Labute approximate surface area is 167 Å².